The summed E-state index contributed by atoms with van der Waals surface area (Å²) in [6, 6.07) is -2.70. The number of nitrogens with two attached hydrogens (primary N) is 1. The summed E-state index contributed by atoms with van der Waals surface area (Å²) in [6.45, 7) is 0.749. The minimum absolute atomic E-state index is 0.0179. The van der Waals surface area contributed by atoms with Crippen LogP contribution in [0.15, 0.2) is 27.6 Å². The SMILES string of the molecule is CC(C)(ON=C(C(=O)N[C@@H]1C(=O)N(S(=O)(=O)O)[C@H]1CNC(=O)CNC(=O)c1cc(=O)c(O)cn1O)c1csc(N)n1)C(=O)O. The van der Waals surface area contributed by atoms with Gasteiger partial charge in [0.1, 0.15) is 17.4 Å². The van der Waals surface area contributed by atoms with Crippen LogP contribution in [0.1, 0.15) is 30.0 Å². The standard InChI is InChI=1S/C21H24N8O13S2/c1-21(2,19(36)37)42-27-14(8-7-43-20(22)25-8)17(34)26-15-10(29(18(15)35)44(39,40)41)4-23-13(32)5-24-16(33)9-3-11(30)12(31)6-28(9)38/h3,6-7,10,15,31,38H,4-5H2,1-2H3,(H2,22,25)(H,23,32)(H,24,33)(H,26,34)(H,36,37)(H,39,40,41)/t10-,15-/m0/s1. The van der Waals surface area contributed by atoms with Crippen LogP contribution in [0.3, 0.4) is 0 Å². The maximum atomic E-state index is 13.1. The van der Waals surface area contributed by atoms with Crippen molar-refractivity contribution in [3.05, 3.63) is 39.3 Å². The van der Waals surface area contributed by atoms with E-state index in [2.05, 4.69) is 26.1 Å². The highest BCUT2D eigenvalue weighted by Gasteiger charge is 2.54. The van der Waals surface area contributed by atoms with Crippen LogP contribution in [0.5, 0.6) is 5.75 Å². The van der Waals surface area contributed by atoms with Gasteiger partial charge in [-0.25, -0.2) is 14.1 Å². The number of nitrogen functional groups attached to an aromatic ring is 1. The third-order valence-corrected chi connectivity index (χ3v) is 7.35. The quantitative estimate of drug-likeness (QED) is 0.0359. The van der Waals surface area contributed by atoms with E-state index in [1.807, 2.05) is 0 Å². The number of anilines is 1. The lowest BCUT2D eigenvalue weighted by molar-refractivity contribution is -0.161. The molecule has 3 heterocycles. The monoisotopic (exact) mass is 660 g/mol. The van der Waals surface area contributed by atoms with Crippen LogP contribution in [-0.2, 0) is 34.3 Å². The molecule has 1 aliphatic rings. The molecule has 0 aromatic carbocycles. The van der Waals surface area contributed by atoms with E-state index in [0.29, 0.717) is 12.3 Å². The number of aromatic hydroxyl groups is 1. The average Bonchev–Trinajstić information content (AvgIpc) is 3.34. The molecule has 0 saturated carbocycles. The predicted molar refractivity (Wildman–Crippen MR) is 145 cm³/mol. The number of aromatic nitrogens is 2. The van der Waals surface area contributed by atoms with E-state index in [0.717, 1.165) is 25.2 Å². The Hall–Kier alpha value is -5.29. The number of pyridine rings is 1. The number of carbonyl (C=O) groups is 5. The highest BCUT2D eigenvalue weighted by molar-refractivity contribution is 7.84. The Morgan fingerprint density at radius 1 is 1.23 bits per heavy atom. The van der Waals surface area contributed by atoms with Crippen LogP contribution in [0.25, 0.3) is 0 Å². The first-order chi connectivity index (χ1) is 20.3. The molecule has 1 aliphatic heterocycles. The fraction of sp³-hybridized carbons (Fsp3) is 0.333. The zero-order valence-electron chi connectivity index (χ0n) is 22.4. The van der Waals surface area contributed by atoms with E-state index < -0.39 is 93.3 Å². The topological polar surface area (TPSA) is 322 Å². The van der Waals surface area contributed by atoms with Crippen molar-refractivity contribution in [2.45, 2.75) is 31.5 Å². The van der Waals surface area contributed by atoms with Crippen LogP contribution >= 0.6 is 11.3 Å². The van der Waals surface area contributed by atoms with E-state index in [4.69, 9.17) is 10.6 Å². The van der Waals surface area contributed by atoms with E-state index in [1.165, 1.54) is 5.38 Å². The largest absolute Gasteiger partial charge is 0.503 e. The smallest absolute Gasteiger partial charge is 0.362 e. The van der Waals surface area contributed by atoms with Crippen molar-refractivity contribution < 1.29 is 57.2 Å². The zero-order chi connectivity index (χ0) is 33.1. The molecule has 0 unspecified atom stereocenters. The maximum Gasteiger partial charge on any atom is 0.362 e. The summed E-state index contributed by atoms with van der Waals surface area (Å²) in [5.74, 6) is -6.91. The van der Waals surface area contributed by atoms with Crippen LogP contribution in [0.4, 0.5) is 5.13 Å². The Morgan fingerprint density at radius 3 is 2.45 bits per heavy atom. The fourth-order valence-corrected chi connectivity index (χ4v) is 4.81. The molecule has 23 heteroatoms. The van der Waals surface area contributed by atoms with Gasteiger partial charge in [-0.3, -0.25) is 28.5 Å². The number of carboxylic acids is 1. The van der Waals surface area contributed by atoms with Gasteiger partial charge in [-0.1, -0.05) is 5.16 Å². The summed E-state index contributed by atoms with van der Waals surface area (Å²) in [5, 5.41) is 39.4. The van der Waals surface area contributed by atoms with Gasteiger partial charge in [0, 0.05) is 18.0 Å². The van der Waals surface area contributed by atoms with Crippen molar-refractivity contribution in [2.75, 3.05) is 18.8 Å². The molecule has 3 rings (SSSR count). The number of hydrogen-bond donors (Lipinski definition) is 8. The molecule has 0 bridgehead atoms. The van der Waals surface area contributed by atoms with Crippen LogP contribution in [-0.4, -0.2) is 108 Å². The van der Waals surface area contributed by atoms with E-state index in [-0.39, 0.29) is 19.9 Å². The average molecular weight is 661 g/mol. The predicted octanol–water partition coefficient (Wildman–Crippen LogP) is -3.54. The number of rotatable bonds is 12. The van der Waals surface area contributed by atoms with Gasteiger partial charge in [0.2, 0.25) is 16.9 Å². The molecule has 4 amide bonds. The maximum absolute atomic E-state index is 13.1. The Labute approximate surface area is 249 Å². The van der Waals surface area contributed by atoms with Crippen molar-refractivity contribution in [1.29, 1.82) is 0 Å². The van der Waals surface area contributed by atoms with E-state index in [9.17, 15) is 57.2 Å². The van der Waals surface area contributed by atoms with Crippen LogP contribution in [0.2, 0.25) is 0 Å². The zero-order valence-corrected chi connectivity index (χ0v) is 24.1. The molecule has 2 aromatic heterocycles. The van der Waals surface area contributed by atoms with Gasteiger partial charge in [-0.2, -0.15) is 13.1 Å². The first-order valence-electron chi connectivity index (χ1n) is 11.9. The molecule has 1 saturated heterocycles. The summed E-state index contributed by atoms with van der Waals surface area (Å²) in [4.78, 5) is 81.9. The van der Waals surface area contributed by atoms with Crippen LogP contribution < -0.4 is 27.1 Å². The van der Waals surface area contributed by atoms with Crippen molar-refractivity contribution >= 4 is 62.1 Å². The summed E-state index contributed by atoms with van der Waals surface area (Å²) >= 11 is 0.879. The summed E-state index contributed by atoms with van der Waals surface area (Å²) in [6.07, 6.45) is 0.544. The van der Waals surface area contributed by atoms with Crippen molar-refractivity contribution in [2.24, 2.45) is 5.16 Å². The lowest BCUT2D eigenvalue weighted by Crippen LogP contribution is -2.74. The Bertz CT molecular complexity index is 1720. The van der Waals surface area contributed by atoms with Gasteiger partial charge in [0.15, 0.2) is 16.6 Å². The minimum Gasteiger partial charge on any atom is -0.503 e. The Morgan fingerprint density at radius 2 is 1.89 bits per heavy atom. The number of hydrogen-bond acceptors (Lipinski definition) is 15. The Kier molecular flexibility index (Phi) is 9.45. The number of oxime groups is 1. The third kappa shape index (κ3) is 7.37. The molecule has 0 radical (unpaired) electrons. The highest BCUT2D eigenvalue weighted by Crippen LogP contribution is 2.24. The molecule has 44 heavy (non-hydrogen) atoms. The second-order valence-corrected chi connectivity index (χ2v) is 11.5. The molecule has 9 N–H and O–H groups in total. The highest BCUT2D eigenvalue weighted by atomic mass is 32.2. The number of amides is 4. The molecular weight excluding hydrogens is 636 g/mol. The second-order valence-electron chi connectivity index (χ2n) is 9.29. The Balaban J connectivity index is 1.73. The van der Waals surface area contributed by atoms with Gasteiger partial charge < -0.3 is 41.9 Å². The lowest BCUT2D eigenvalue weighted by atomic mass is 9.98. The fourth-order valence-electron chi connectivity index (χ4n) is 3.39. The second kappa shape index (κ2) is 12.5. The number of thiazole rings is 1. The number of β-lactam (4-membered cyclic amide) rings is 1. The first kappa shape index (κ1) is 33.2. The van der Waals surface area contributed by atoms with Gasteiger partial charge in [0.25, 0.3) is 17.7 Å². The molecular formula is C21H24N8O13S2. The molecule has 1 fully saturated rings. The van der Waals surface area contributed by atoms with Crippen molar-refractivity contribution in [3.63, 3.8) is 0 Å². The van der Waals surface area contributed by atoms with Crippen molar-refractivity contribution in [3.8, 4) is 5.75 Å². The van der Waals surface area contributed by atoms with E-state index in [1.54, 1.807) is 0 Å². The van der Waals surface area contributed by atoms with Gasteiger partial charge >= 0.3 is 16.3 Å². The van der Waals surface area contributed by atoms with Crippen LogP contribution in [0, 0.1) is 0 Å². The minimum atomic E-state index is -5.18. The number of nitrogens with one attached hydrogen (secondary N) is 3. The molecule has 21 nitrogen and oxygen atoms in total. The molecule has 238 valence electrons. The summed E-state index contributed by atoms with van der Waals surface area (Å²) in [5.41, 5.74) is 1.20. The third-order valence-electron chi connectivity index (χ3n) is 5.73. The lowest BCUT2D eigenvalue weighted by Gasteiger charge is -2.44. The van der Waals surface area contributed by atoms with E-state index >= 15 is 0 Å². The normalized spacial score (nSPS) is 16.9. The number of aliphatic carboxylic acids is 1. The number of carbonyl (C=O) groups excluding carboxylic acids is 4. The number of nitrogens with zero attached hydrogens (tertiary/aromatic N) is 4. The van der Waals surface area contributed by atoms with Crippen molar-refractivity contribution in [1.82, 2.24) is 30.0 Å². The van der Waals surface area contributed by atoms with Gasteiger partial charge in [-0.05, 0) is 13.8 Å². The molecule has 0 spiro atoms. The molecule has 2 aromatic rings. The number of carboxylic acid groups (broad SMARTS) is 1. The summed E-state index contributed by atoms with van der Waals surface area (Å²) < 4.78 is 33.2. The van der Waals surface area contributed by atoms with Gasteiger partial charge in [0.05, 0.1) is 18.8 Å². The first-order valence-corrected chi connectivity index (χ1v) is 14.1. The van der Waals surface area contributed by atoms with Gasteiger partial charge in [-0.15, -0.1) is 11.3 Å². The molecule has 0 aliphatic carbocycles. The molecule has 2 atom stereocenters. The summed E-state index contributed by atoms with van der Waals surface area (Å²) in [7, 11) is -5.18.